The Morgan fingerprint density at radius 1 is 0.184 bits per heavy atom. The van der Waals surface area contributed by atoms with Crippen LogP contribution in [0.5, 0.6) is 0 Å². The third-order valence-corrected chi connectivity index (χ3v) is 32.9. The van der Waals surface area contributed by atoms with Crippen LogP contribution in [0.1, 0.15) is 70.5 Å². The van der Waals surface area contributed by atoms with E-state index in [1.807, 2.05) is 46.1 Å². The van der Waals surface area contributed by atoms with Crippen molar-refractivity contribution in [1.82, 2.24) is 0 Å². The first kappa shape index (κ1) is 76.5. The predicted octanol–water partition coefficient (Wildman–Crippen LogP) is 43.2. The maximum Gasteiger partial charge on any atom is 0.0623 e. The molecule has 0 spiro atoms. The minimum absolute atomic E-state index is 0.00586. The lowest BCUT2D eigenvalue weighted by Gasteiger charge is -2.21. The SMILES string of the molecule is CC1(C)c2ccccc2-c2cc(-c3cccc4c3sc3cc(-c5c6ccccc6c(-c6cccc7ccccc67)c6ccccc56)ccc34)ccc21.[2H]C.[2H]C.[2H]C.[2H][2H].[2H][2H].[2H][2H].[2H][2H].[2H][2H].[2H][2H].[2H]c1ccc(-c2cccc3c2sc2cc(-c4c5ccccc5c(-c5ccccc5)c5ccccc45)ccc23)cc1.c1ccc(-c2c3ccccc3c(-c3ccc4sc5cc(-c6cc7ccccc7c7ccccc67)ccc5c4c3)c3ccccc23)cc1. The monoisotopic (exact) mass is 1880 g/mol. The molecular weight excluding hydrogens is 1750 g/mol. The van der Waals surface area contributed by atoms with E-state index in [9.17, 15) is 0 Å². The van der Waals surface area contributed by atoms with Crippen LogP contribution in [0.25, 0.3) is 269 Å². The third kappa shape index (κ3) is 14.3. The van der Waals surface area contributed by atoms with Crippen LogP contribution < -0.4 is 0 Å². The van der Waals surface area contributed by atoms with Crippen LogP contribution in [0.3, 0.4) is 0 Å². The molecule has 28 aromatic rings. The molecule has 0 N–H and O–H groups in total. The Morgan fingerprint density at radius 2 is 0.511 bits per heavy atom. The molecule has 25 aromatic carbocycles. The van der Waals surface area contributed by atoms with Gasteiger partial charge in [-0.15, -0.1) is 34.0 Å². The fraction of sp³-hybridized carbons (Fsp3) is 0.0435. The fourth-order valence-corrected chi connectivity index (χ4v) is 26.8. The minimum atomic E-state index is 0.00586. The maximum absolute atomic E-state index is 7.89. The molecule has 0 unspecified atom stereocenters. The van der Waals surface area contributed by atoms with Gasteiger partial charge < -0.3 is 0 Å². The second kappa shape index (κ2) is 35.5. The summed E-state index contributed by atoms with van der Waals surface area (Å²) in [5.74, 6) is 0. The topological polar surface area (TPSA) is 0 Å². The molecule has 0 atom stereocenters. The van der Waals surface area contributed by atoms with Gasteiger partial charge in [0.15, 0.2) is 0 Å². The minimum Gasteiger partial charge on any atom is -0.135 e. The Kier molecular flexibility index (Phi) is 19.3. The average molecular weight is 1880 g/mol. The van der Waals surface area contributed by atoms with Crippen LogP contribution in [0, 0.1) is 0 Å². The van der Waals surface area contributed by atoms with Gasteiger partial charge in [0.2, 0.25) is 0 Å². The van der Waals surface area contributed by atoms with Gasteiger partial charge in [-0.2, -0.15) is 0 Å². The quantitative estimate of drug-likeness (QED) is 0.0998. The highest BCUT2D eigenvalue weighted by atomic mass is 32.1. The van der Waals surface area contributed by atoms with Crippen LogP contribution >= 0.6 is 34.0 Å². The van der Waals surface area contributed by atoms with Crippen molar-refractivity contribution in [2.24, 2.45) is 0 Å². The largest absolute Gasteiger partial charge is 0.135 e. The van der Waals surface area contributed by atoms with Gasteiger partial charge >= 0.3 is 0 Å². The third-order valence-electron chi connectivity index (χ3n) is 29.3. The van der Waals surface area contributed by atoms with E-state index in [1.54, 1.807) is 0 Å². The Labute approximate surface area is 858 Å². The van der Waals surface area contributed by atoms with Crippen molar-refractivity contribution in [2.45, 2.75) is 41.5 Å². The molecule has 0 bridgehead atoms. The summed E-state index contributed by atoms with van der Waals surface area (Å²) in [7, 11) is 3.75. The van der Waals surface area contributed by atoms with Gasteiger partial charge in [0.25, 0.3) is 0 Å². The van der Waals surface area contributed by atoms with E-state index in [4.69, 9.17) is 23.3 Å². The van der Waals surface area contributed by atoms with Crippen molar-refractivity contribution in [2.75, 3.05) is 0 Å². The van der Waals surface area contributed by atoms with Gasteiger partial charge in [-0.25, -0.2) is 0 Å². The average Bonchev–Trinajstić information content (AvgIpc) is 1.71. The van der Waals surface area contributed by atoms with E-state index in [0.29, 0.717) is 6.04 Å². The molecule has 1 aliphatic carbocycles. The zero-order valence-corrected chi connectivity index (χ0v) is 81.3. The van der Waals surface area contributed by atoms with Crippen LogP contribution in [0.4, 0.5) is 0 Å². The first-order chi connectivity index (χ1) is 77.6. The standard InChI is InChI=1S/C51H34S.C46H28S.C38H24S.3CH4.6H2/c1-51(2)45-24-10-9-16-36(45)44-29-32(26-28-46(44)51)35-21-12-23-43-37-27-25-33(30-47(37)52-50(35)43)48-39-17-5-7-19-41(39)49(42-20-8-6-18-40(42)48)38-22-11-14-31-13-3-4-15-34(31)38;1-2-12-29(13-3-1)45-37-18-8-10-20-39(37)46(40-21-11-9-19-38(40)45)32-23-25-43-42(27-32)36-24-22-31(28-44(36)47-43)41-26-30-14-4-5-15-33(30)34-16-6-7-17-35(34)41;1-3-12-25(13-4-1)28-20-11-21-34-29-23-22-27(24-35(29)39-38(28)34)37-32-18-9-7-16-30(32)36(26-14-5-2-6-15-26)31-17-8-10-19-33(31)37;;;;;;;;;/h3-30H,1-2H3;1-28H;1-24H;3*1H4;6*1H/i;;4*1D;6*1+1D. The number of benzene rings is 25. The highest BCUT2D eigenvalue weighted by Gasteiger charge is 2.36. The van der Waals surface area contributed by atoms with Crippen molar-refractivity contribution >= 4 is 191 Å². The summed E-state index contributed by atoms with van der Waals surface area (Å²) in [5.41, 5.74) is 28.4. The normalized spacial score (nSPS) is 12.7. The van der Waals surface area contributed by atoms with Crippen molar-refractivity contribution in [3.8, 4) is 111 Å². The molecule has 3 aromatic heterocycles. The van der Waals surface area contributed by atoms with Crippen molar-refractivity contribution in [3.05, 3.63) is 496 Å². The summed E-state index contributed by atoms with van der Waals surface area (Å²) in [6.07, 6.45) is 0. The lowest BCUT2D eigenvalue weighted by molar-refractivity contribution is 0.660. The van der Waals surface area contributed by atoms with Crippen molar-refractivity contribution in [3.63, 3.8) is 0 Å². The highest BCUT2D eigenvalue weighted by molar-refractivity contribution is 7.27. The molecule has 1 aliphatic rings. The molecule has 0 amide bonds. The smallest absolute Gasteiger partial charge is 0.0623 e. The van der Waals surface area contributed by atoms with E-state index in [-0.39, 0.29) is 5.41 Å². The van der Waals surface area contributed by atoms with E-state index in [1.165, 1.54) is 297 Å². The summed E-state index contributed by atoms with van der Waals surface area (Å²) >= 11 is 5.67. The molecule has 0 radical (unpaired) electrons. The van der Waals surface area contributed by atoms with Gasteiger partial charge in [0, 0.05) is 87.9 Å². The van der Waals surface area contributed by atoms with Crippen LogP contribution in [-0.4, -0.2) is 0 Å². The summed E-state index contributed by atoms with van der Waals surface area (Å²) in [6, 6.07) is 177. The molecule has 29 rings (SSSR count). The molecule has 0 aliphatic heterocycles. The number of thiophene rings is 3. The molecule has 3 heterocycles. The van der Waals surface area contributed by atoms with Gasteiger partial charge in [-0.1, -0.05) is 479 Å². The number of hydrogen-bond donors (Lipinski definition) is 0. The Morgan fingerprint density at radius 3 is 1.03 bits per heavy atom. The Bertz CT molecular complexity index is 9830. The first-order valence-corrected chi connectivity index (χ1v) is 50.1. The van der Waals surface area contributed by atoms with Gasteiger partial charge in [-0.3, -0.25) is 0 Å². The lowest BCUT2D eigenvalue weighted by atomic mass is 9.82. The van der Waals surface area contributed by atoms with E-state index in [0.717, 1.165) is 5.56 Å². The Hall–Kier alpha value is -16.5. The van der Waals surface area contributed by atoms with Gasteiger partial charge in [-0.05, 0) is 262 Å². The van der Waals surface area contributed by atoms with E-state index < -0.39 is 0 Å². The molecule has 0 fully saturated rings. The molecule has 0 saturated heterocycles. The number of hydrogen-bond acceptors (Lipinski definition) is 3. The van der Waals surface area contributed by atoms with Crippen molar-refractivity contribution in [1.29, 1.82) is 0 Å². The van der Waals surface area contributed by atoms with Gasteiger partial charge in [0.1, 0.15) is 0 Å². The second-order valence-corrected chi connectivity index (χ2v) is 40.4. The molecule has 0 saturated carbocycles. The maximum atomic E-state index is 7.89. The molecule has 0 nitrogen and oxygen atoms in total. The van der Waals surface area contributed by atoms with Crippen LogP contribution in [0.15, 0.2) is 485 Å². The fourth-order valence-electron chi connectivity index (χ4n) is 23.1. The number of fused-ring (bicyclic) bond motifs is 22. The summed E-state index contributed by atoms with van der Waals surface area (Å²) < 4.78 is 93.0. The van der Waals surface area contributed by atoms with Crippen molar-refractivity contribution < 1.29 is 23.3 Å². The van der Waals surface area contributed by atoms with Crippen LogP contribution in [-0.2, 0) is 5.41 Å². The molecule has 141 heavy (non-hydrogen) atoms. The summed E-state index contributed by atoms with van der Waals surface area (Å²) in [5, 5.41) is 31.0. The zero-order valence-electron chi connectivity index (χ0n) is 94.8. The molecule has 680 valence electrons. The molecule has 3 heteroatoms. The predicted molar refractivity (Wildman–Crippen MR) is 635 cm³/mol. The summed E-state index contributed by atoms with van der Waals surface area (Å²) in [6.45, 7) is 4.70. The van der Waals surface area contributed by atoms with Gasteiger partial charge in [0.05, 0.1) is 1.37 Å². The highest BCUT2D eigenvalue weighted by Crippen LogP contribution is 2.55. The van der Waals surface area contributed by atoms with E-state index in [2.05, 4.69) is 481 Å². The molecular formula is C138H110S3. The van der Waals surface area contributed by atoms with E-state index >= 15 is 0 Å². The number of rotatable bonds is 9. The first-order valence-electron chi connectivity index (χ1n) is 57.1. The van der Waals surface area contributed by atoms with Crippen LogP contribution in [0.2, 0.25) is 0 Å². The zero-order chi connectivity index (χ0) is 110. The summed E-state index contributed by atoms with van der Waals surface area (Å²) in [4.78, 5) is 0. The Balaban J connectivity index is 0.000000143. The lowest BCUT2D eigenvalue weighted by Crippen LogP contribution is -2.14. The second-order valence-electron chi connectivity index (χ2n) is 37.2.